The Morgan fingerprint density at radius 1 is 1.14 bits per heavy atom. The largest absolute Gasteiger partial charge is 0.297 e. The van der Waals surface area contributed by atoms with Crippen molar-refractivity contribution in [3.8, 4) is 0 Å². The maximum atomic E-state index is 15.3. The standard InChI is InChI=1S/C25H37FN2O/c1-15-4-5-17-18-8-9-25(3)21(19(18)11-23(26)20(17)10-15)6-7-22(25)24(29)14-28-13-16(2)12-27-28/h12-13,15,17-23H,4-11,14H2,1-3H3. The Labute approximate surface area is 174 Å². The van der Waals surface area contributed by atoms with Crippen LogP contribution < -0.4 is 0 Å². The highest BCUT2D eigenvalue weighted by atomic mass is 19.1. The number of aromatic nitrogens is 2. The zero-order chi connectivity index (χ0) is 20.3. The average Bonchev–Trinajstić information content (AvgIpc) is 3.24. The number of Topliss-reactive ketones (excluding diaryl/α,β-unsaturated/α-hetero) is 1. The van der Waals surface area contributed by atoms with Crippen LogP contribution in [0.25, 0.3) is 0 Å². The maximum Gasteiger partial charge on any atom is 0.157 e. The lowest BCUT2D eigenvalue weighted by Gasteiger charge is -2.56. The number of ketones is 1. The summed E-state index contributed by atoms with van der Waals surface area (Å²) in [5, 5.41) is 4.33. The predicted molar refractivity (Wildman–Crippen MR) is 112 cm³/mol. The first-order valence-corrected chi connectivity index (χ1v) is 12.0. The Bertz CT molecular complexity index is 775. The van der Waals surface area contributed by atoms with E-state index in [2.05, 4.69) is 18.9 Å². The Hall–Kier alpha value is -1.19. The molecule has 1 aromatic rings. The van der Waals surface area contributed by atoms with Gasteiger partial charge in [0.2, 0.25) is 0 Å². The van der Waals surface area contributed by atoms with E-state index in [1.807, 2.05) is 19.3 Å². The molecule has 4 aliphatic carbocycles. The molecule has 9 atom stereocenters. The normalized spacial score (nSPS) is 46.6. The van der Waals surface area contributed by atoms with Crippen molar-refractivity contribution >= 4 is 5.78 Å². The highest BCUT2D eigenvalue weighted by Gasteiger charge is 2.59. The molecule has 29 heavy (non-hydrogen) atoms. The van der Waals surface area contributed by atoms with Gasteiger partial charge in [-0.25, -0.2) is 4.39 Å². The molecule has 3 nitrogen and oxygen atoms in total. The lowest BCUT2D eigenvalue weighted by atomic mass is 9.49. The van der Waals surface area contributed by atoms with Crippen molar-refractivity contribution in [3.63, 3.8) is 0 Å². The summed E-state index contributed by atoms with van der Waals surface area (Å²) in [4.78, 5) is 13.2. The molecular weight excluding hydrogens is 363 g/mol. The lowest BCUT2D eigenvalue weighted by molar-refractivity contribution is -0.133. The number of rotatable bonds is 3. The van der Waals surface area contributed by atoms with Crippen LogP contribution in [0.5, 0.6) is 0 Å². The number of aryl methyl sites for hydroxylation is 1. The van der Waals surface area contributed by atoms with Crippen LogP contribution in [0.2, 0.25) is 0 Å². The summed E-state index contributed by atoms with van der Waals surface area (Å²) >= 11 is 0. The van der Waals surface area contributed by atoms with E-state index in [4.69, 9.17) is 0 Å². The molecule has 0 aliphatic heterocycles. The quantitative estimate of drug-likeness (QED) is 0.661. The van der Waals surface area contributed by atoms with Gasteiger partial charge in [-0.05, 0) is 98.4 Å². The maximum absolute atomic E-state index is 15.3. The van der Waals surface area contributed by atoms with E-state index in [1.54, 1.807) is 4.68 Å². The second-order valence-electron chi connectivity index (χ2n) is 11.3. The third-order valence-corrected chi connectivity index (χ3v) is 9.69. The van der Waals surface area contributed by atoms with Gasteiger partial charge in [0.1, 0.15) is 6.17 Å². The van der Waals surface area contributed by atoms with Crippen LogP contribution in [0.3, 0.4) is 0 Å². The van der Waals surface area contributed by atoms with Gasteiger partial charge in [0, 0.05) is 12.1 Å². The van der Waals surface area contributed by atoms with Crippen molar-refractivity contribution in [2.45, 2.75) is 84.9 Å². The number of carbonyl (C=O) groups excluding carboxylic acids is 1. The van der Waals surface area contributed by atoms with Crippen molar-refractivity contribution in [3.05, 3.63) is 18.0 Å². The van der Waals surface area contributed by atoms with Gasteiger partial charge < -0.3 is 0 Å². The van der Waals surface area contributed by atoms with Crippen LogP contribution in [0.1, 0.15) is 70.8 Å². The number of carbonyl (C=O) groups is 1. The van der Waals surface area contributed by atoms with E-state index < -0.39 is 6.17 Å². The van der Waals surface area contributed by atoms with Gasteiger partial charge in [-0.1, -0.05) is 20.3 Å². The minimum absolute atomic E-state index is 0.0644. The number of fused-ring (bicyclic) bond motifs is 5. The second-order valence-corrected chi connectivity index (χ2v) is 11.3. The van der Waals surface area contributed by atoms with Crippen molar-refractivity contribution in [1.82, 2.24) is 9.78 Å². The average molecular weight is 401 g/mol. The van der Waals surface area contributed by atoms with E-state index in [-0.39, 0.29) is 11.3 Å². The van der Waals surface area contributed by atoms with E-state index in [0.717, 1.165) is 37.7 Å². The summed E-state index contributed by atoms with van der Waals surface area (Å²) < 4.78 is 17.1. The number of nitrogens with zero attached hydrogens (tertiary/aromatic N) is 2. The number of hydrogen-bond acceptors (Lipinski definition) is 2. The SMILES string of the molecule is Cc1cnn(CC(=O)C2CCC3C4CC(F)C5CC(C)CCC5C4CCC23C)c1. The van der Waals surface area contributed by atoms with Crippen LogP contribution in [0.15, 0.2) is 12.4 Å². The monoisotopic (exact) mass is 400 g/mol. The van der Waals surface area contributed by atoms with Gasteiger partial charge in [-0.15, -0.1) is 0 Å². The number of hydrogen-bond donors (Lipinski definition) is 0. The Balaban J connectivity index is 1.34. The van der Waals surface area contributed by atoms with Crippen molar-refractivity contribution < 1.29 is 9.18 Å². The highest BCUT2D eigenvalue weighted by molar-refractivity contribution is 5.82. The fourth-order valence-corrected chi connectivity index (χ4v) is 8.37. The molecule has 0 N–H and O–H groups in total. The van der Waals surface area contributed by atoms with Crippen LogP contribution >= 0.6 is 0 Å². The molecule has 160 valence electrons. The molecule has 4 heteroatoms. The van der Waals surface area contributed by atoms with Crippen LogP contribution in [0, 0.1) is 53.8 Å². The Morgan fingerprint density at radius 3 is 2.69 bits per heavy atom. The fourth-order valence-electron chi connectivity index (χ4n) is 8.37. The number of alkyl halides is 1. The molecule has 0 saturated heterocycles. The molecule has 0 aromatic carbocycles. The lowest BCUT2D eigenvalue weighted by Crippen LogP contribution is -2.52. The Kier molecular flexibility index (Phi) is 4.90. The Morgan fingerprint density at radius 2 is 1.93 bits per heavy atom. The summed E-state index contributed by atoms with van der Waals surface area (Å²) in [6.07, 6.45) is 12.0. The van der Waals surface area contributed by atoms with Crippen LogP contribution in [0.4, 0.5) is 4.39 Å². The predicted octanol–water partition coefficient (Wildman–Crippen LogP) is 5.61. The topological polar surface area (TPSA) is 34.9 Å². The van der Waals surface area contributed by atoms with E-state index in [1.165, 1.54) is 19.3 Å². The zero-order valence-corrected chi connectivity index (χ0v) is 18.3. The smallest absolute Gasteiger partial charge is 0.157 e. The minimum atomic E-state index is -0.617. The summed E-state index contributed by atoms with van der Waals surface area (Å²) in [6.45, 7) is 7.07. The van der Waals surface area contributed by atoms with E-state index >= 15 is 4.39 Å². The molecule has 9 unspecified atom stereocenters. The number of halogens is 1. The zero-order valence-electron chi connectivity index (χ0n) is 18.3. The van der Waals surface area contributed by atoms with Crippen LogP contribution in [-0.2, 0) is 11.3 Å². The van der Waals surface area contributed by atoms with Gasteiger partial charge in [-0.3, -0.25) is 9.48 Å². The fraction of sp³-hybridized carbons (Fsp3) is 0.840. The van der Waals surface area contributed by atoms with Crippen molar-refractivity contribution in [1.29, 1.82) is 0 Å². The molecule has 4 fully saturated rings. The van der Waals surface area contributed by atoms with Crippen LogP contribution in [-0.4, -0.2) is 21.7 Å². The molecule has 1 aromatic heterocycles. The summed E-state index contributed by atoms with van der Waals surface area (Å²) in [6, 6.07) is 0. The molecule has 0 radical (unpaired) electrons. The summed E-state index contributed by atoms with van der Waals surface area (Å²) in [7, 11) is 0. The molecule has 0 bridgehead atoms. The van der Waals surface area contributed by atoms with E-state index in [0.29, 0.717) is 47.8 Å². The minimum Gasteiger partial charge on any atom is -0.297 e. The van der Waals surface area contributed by atoms with Crippen molar-refractivity contribution in [2.75, 3.05) is 0 Å². The molecule has 0 amide bonds. The first kappa shape index (κ1) is 19.8. The summed E-state index contributed by atoms with van der Waals surface area (Å²) in [5.41, 5.74) is 1.16. The molecule has 1 heterocycles. The van der Waals surface area contributed by atoms with Crippen molar-refractivity contribution in [2.24, 2.45) is 46.8 Å². The van der Waals surface area contributed by atoms with Gasteiger partial charge in [0.25, 0.3) is 0 Å². The van der Waals surface area contributed by atoms with Gasteiger partial charge in [0.05, 0.1) is 12.7 Å². The first-order valence-electron chi connectivity index (χ1n) is 12.0. The molecule has 4 aliphatic rings. The first-order chi connectivity index (χ1) is 13.9. The summed E-state index contributed by atoms with van der Waals surface area (Å²) in [5.74, 6) is 3.82. The van der Waals surface area contributed by atoms with E-state index in [9.17, 15) is 4.79 Å². The second kappa shape index (κ2) is 7.20. The molecule has 0 spiro atoms. The highest BCUT2D eigenvalue weighted by Crippen LogP contribution is 2.64. The van der Waals surface area contributed by atoms with Gasteiger partial charge >= 0.3 is 0 Å². The third-order valence-electron chi connectivity index (χ3n) is 9.69. The van der Waals surface area contributed by atoms with Gasteiger partial charge in [-0.2, -0.15) is 5.10 Å². The molecular formula is C25H37FN2O. The molecule has 4 saturated carbocycles. The van der Waals surface area contributed by atoms with Gasteiger partial charge in [0.15, 0.2) is 5.78 Å². The third kappa shape index (κ3) is 3.20. The molecule has 5 rings (SSSR count).